The highest BCUT2D eigenvalue weighted by Gasteiger charge is 2.11. The Balaban J connectivity index is 2.07. The van der Waals surface area contributed by atoms with Gasteiger partial charge >= 0.3 is 0 Å². The van der Waals surface area contributed by atoms with Gasteiger partial charge in [0, 0.05) is 24.0 Å². The van der Waals surface area contributed by atoms with Gasteiger partial charge in [0.2, 0.25) is 0 Å². The van der Waals surface area contributed by atoms with Crippen molar-refractivity contribution in [2.45, 2.75) is 6.54 Å². The monoisotopic (exact) mass is 294 g/mol. The first-order valence-corrected chi connectivity index (χ1v) is 5.77. The highest BCUT2D eigenvalue weighted by Crippen LogP contribution is 2.23. The van der Waals surface area contributed by atoms with Crippen molar-refractivity contribution < 1.29 is 4.79 Å². The number of nitrogens with two attached hydrogens (primary N) is 1. The zero-order chi connectivity index (χ0) is 12.3. The molecule has 5 nitrogen and oxygen atoms in total. The Morgan fingerprint density at radius 2 is 2.35 bits per heavy atom. The van der Waals surface area contributed by atoms with Crippen LogP contribution in [-0.2, 0) is 6.54 Å². The summed E-state index contributed by atoms with van der Waals surface area (Å²) in [5.74, 6) is -0.176. The molecular weight excluding hydrogens is 284 g/mol. The Kier molecular flexibility index (Phi) is 3.43. The van der Waals surface area contributed by atoms with E-state index in [2.05, 4.69) is 31.4 Å². The lowest BCUT2D eigenvalue weighted by Crippen LogP contribution is -2.23. The summed E-state index contributed by atoms with van der Waals surface area (Å²) in [5, 5.41) is 9.27. The molecule has 0 atom stereocenters. The topological polar surface area (TPSA) is 83.8 Å². The van der Waals surface area contributed by atoms with E-state index in [1.807, 2.05) is 0 Å². The van der Waals surface area contributed by atoms with Gasteiger partial charge in [-0.25, -0.2) is 0 Å². The number of aromatic nitrogens is 2. The normalized spacial score (nSPS) is 10.2. The van der Waals surface area contributed by atoms with Gasteiger partial charge in [0.1, 0.15) is 0 Å². The quantitative estimate of drug-likeness (QED) is 0.753. The second-order valence-corrected chi connectivity index (χ2v) is 4.29. The van der Waals surface area contributed by atoms with Crippen LogP contribution in [0.1, 0.15) is 15.9 Å². The molecule has 1 amide bonds. The van der Waals surface area contributed by atoms with Gasteiger partial charge in [-0.3, -0.25) is 9.89 Å². The molecule has 0 aliphatic heterocycles. The molecule has 0 saturated heterocycles. The molecule has 0 bridgehead atoms. The molecule has 2 rings (SSSR count). The van der Waals surface area contributed by atoms with Crippen LogP contribution in [0.5, 0.6) is 0 Å². The van der Waals surface area contributed by atoms with E-state index < -0.39 is 0 Å². The first-order chi connectivity index (χ1) is 8.18. The minimum absolute atomic E-state index is 0.176. The van der Waals surface area contributed by atoms with Crippen molar-refractivity contribution in [2.75, 3.05) is 5.73 Å². The predicted molar refractivity (Wildman–Crippen MR) is 68.3 cm³/mol. The number of nitrogen functional groups attached to an aromatic ring is 1. The Bertz CT molecular complexity index is 524. The van der Waals surface area contributed by atoms with Crippen molar-refractivity contribution in [1.82, 2.24) is 15.5 Å². The summed E-state index contributed by atoms with van der Waals surface area (Å²) in [5.41, 5.74) is 7.69. The summed E-state index contributed by atoms with van der Waals surface area (Å²) in [7, 11) is 0. The highest BCUT2D eigenvalue weighted by molar-refractivity contribution is 9.10. The fourth-order valence-corrected chi connectivity index (χ4v) is 1.82. The van der Waals surface area contributed by atoms with E-state index in [9.17, 15) is 4.79 Å². The lowest BCUT2D eigenvalue weighted by atomic mass is 10.2. The largest absolute Gasteiger partial charge is 0.398 e. The number of carbonyl (C=O) groups excluding carboxylic acids is 1. The van der Waals surface area contributed by atoms with Crippen LogP contribution in [0.4, 0.5) is 5.69 Å². The van der Waals surface area contributed by atoms with E-state index >= 15 is 0 Å². The predicted octanol–water partition coefficient (Wildman–Crippen LogP) is 1.68. The van der Waals surface area contributed by atoms with Gasteiger partial charge < -0.3 is 11.1 Å². The van der Waals surface area contributed by atoms with Crippen LogP contribution in [0.3, 0.4) is 0 Å². The third-order valence-electron chi connectivity index (χ3n) is 2.28. The van der Waals surface area contributed by atoms with Crippen LogP contribution in [0.25, 0.3) is 0 Å². The molecule has 0 spiro atoms. The van der Waals surface area contributed by atoms with Crippen LogP contribution in [0, 0.1) is 0 Å². The molecule has 0 unspecified atom stereocenters. The molecule has 1 aromatic heterocycles. The summed E-state index contributed by atoms with van der Waals surface area (Å²) < 4.78 is 0.615. The van der Waals surface area contributed by atoms with Crippen molar-refractivity contribution in [1.29, 1.82) is 0 Å². The lowest BCUT2D eigenvalue weighted by Gasteiger charge is -2.07. The number of nitrogens with one attached hydrogen (secondary N) is 2. The number of halogens is 1. The van der Waals surface area contributed by atoms with Gasteiger partial charge in [0.05, 0.1) is 16.2 Å². The Hall–Kier alpha value is -1.82. The average Bonchev–Trinajstić information content (AvgIpc) is 2.82. The number of H-pyrrole nitrogens is 1. The second-order valence-electron chi connectivity index (χ2n) is 3.50. The van der Waals surface area contributed by atoms with E-state index in [0.717, 1.165) is 5.56 Å². The van der Waals surface area contributed by atoms with Crippen molar-refractivity contribution in [2.24, 2.45) is 0 Å². The van der Waals surface area contributed by atoms with Gasteiger partial charge in [-0.15, -0.1) is 0 Å². The summed E-state index contributed by atoms with van der Waals surface area (Å²) in [6, 6.07) is 5.19. The van der Waals surface area contributed by atoms with Crippen molar-refractivity contribution >= 4 is 27.5 Å². The molecule has 0 aliphatic rings. The van der Waals surface area contributed by atoms with Gasteiger partial charge in [-0.2, -0.15) is 5.10 Å². The standard InChI is InChI=1S/C11H11BrN4O/c12-10-8(2-1-3-9(10)13)11(17)14-4-7-5-15-16-6-7/h1-3,5-6H,4,13H2,(H,14,17)(H,15,16). The molecule has 0 fully saturated rings. The third-order valence-corrected chi connectivity index (χ3v) is 3.17. The summed E-state index contributed by atoms with van der Waals surface area (Å²) in [6.45, 7) is 0.427. The van der Waals surface area contributed by atoms with Gasteiger partial charge in [0.15, 0.2) is 0 Å². The molecule has 17 heavy (non-hydrogen) atoms. The number of nitrogens with zero attached hydrogens (tertiary/aromatic N) is 1. The molecule has 0 aliphatic carbocycles. The number of hydrogen-bond acceptors (Lipinski definition) is 3. The Labute approximate surface area is 107 Å². The minimum atomic E-state index is -0.176. The Morgan fingerprint density at radius 1 is 1.53 bits per heavy atom. The average molecular weight is 295 g/mol. The molecule has 4 N–H and O–H groups in total. The zero-order valence-corrected chi connectivity index (χ0v) is 10.5. The zero-order valence-electron chi connectivity index (χ0n) is 8.90. The number of carbonyl (C=O) groups is 1. The molecular formula is C11H11BrN4O. The number of anilines is 1. The first-order valence-electron chi connectivity index (χ1n) is 4.98. The second kappa shape index (κ2) is 5.01. The van der Waals surface area contributed by atoms with E-state index in [4.69, 9.17) is 5.73 Å². The summed E-state index contributed by atoms with van der Waals surface area (Å²) in [4.78, 5) is 11.9. The molecule has 1 aromatic carbocycles. The smallest absolute Gasteiger partial charge is 0.252 e. The maximum Gasteiger partial charge on any atom is 0.252 e. The van der Waals surface area contributed by atoms with Crippen molar-refractivity contribution in [3.05, 3.63) is 46.2 Å². The number of aromatic amines is 1. The number of amides is 1. The molecule has 6 heteroatoms. The lowest BCUT2D eigenvalue weighted by molar-refractivity contribution is 0.0950. The number of hydrogen-bond donors (Lipinski definition) is 3. The maximum absolute atomic E-state index is 11.9. The molecule has 88 valence electrons. The molecule has 0 radical (unpaired) electrons. The van der Waals surface area contributed by atoms with E-state index in [-0.39, 0.29) is 5.91 Å². The van der Waals surface area contributed by atoms with Crippen LogP contribution in [-0.4, -0.2) is 16.1 Å². The van der Waals surface area contributed by atoms with E-state index in [0.29, 0.717) is 22.3 Å². The van der Waals surface area contributed by atoms with Gasteiger partial charge in [-0.1, -0.05) is 6.07 Å². The summed E-state index contributed by atoms with van der Waals surface area (Å²) >= 11 is 3.30. The van der Waals surface area contributed by atoms with E-state index in [1.165, 1.54) is 0 Å². The van der Waals surface area contributed by atoms with Gasteiger partial charge in [0.25, 0.3) is 5.91 Å². The molecule has 1 heterocycles. The summed E-state index contributed by atoms with van der Waals surface area (Å²) in [6.07, 6.45) is 3.39. The van der Waals surface area contributed by atoms with Gasteiger partial charge in [-0.05, 0) is 28.1 Å². The SMILES string of the molecule is Nc1cccc(C(=O)NCc2cn[nH]c2)c1Br. The fourth-order valence-electron chi connectivity index (χ4n) is 1.38. The van der Waals surface area contributed by atoms with Crippen molar-refractivity contribution in [3.63, 3.8) is 0 Å². The number of rotatable bonds is 3. The molecule has 0 saturated carbocycles. The first kappa shape index (κ1) is 11.7. The highest BCUT2D eigenvalue weighted by atomic mass is 79.9. The van der Waals surface area contributed by atoms with Crippen LogP contribution >= 0.6 is 15.9 Å². The van der Waals surface area contributed by atoms with Crippen LogP contribution in [0.15, 0.2) is 35.1 Å². The maximum atomic E-state index is 11.9. The minimum Gasteiger partial charge on any atom is -0.398 e. The van der Waals surface area contributed by atoms with Crippen molar-refractivity contribution in [3.8, 4) is 0 Å². The Morgan fingerprint density at radius 3 is 3.06 bits per heavy atom. The third kappa shape index (κ3) is 2.65. The van der Waals surface area contributed by atoms with Crippen LogP contribution < -0.4 is 11.1 Å². The fraction of sp³-hybridized carbons (Fsp3) is 0.0909. The number of benzene rings is 1. The van der Waals surface area contributed by atoms with Crippen LogP contribution in [0.2, 0.25) is 0 Å². The molecule has 2 aromatic rings. The van der Waals surface area contributed by atoms with E-state index in [1.54, 1.807) is 30.6 Å².